The van der Waals surface area contributed by atoms with Crippen molar-refractivity contribution in [1.29, 1.82) is 0 Å². The van der Waals surface area contributed by atoms with Crippen LogP contribution in [0, 0.1) is 0 Å². The van der Waals surface area contributed by atoms with Crippen molar-refractivity contribution in [3.8, 4) is 11.3 Å². The molecule has 0 radical (unpaired) electrons. The molecule has 0 saturated heterocycles. The van der Waals surface area contributed by atoms with Gasteiger partial charge in [0.25, 0.3) is 5.56 Å². The van der Waals surface area contributed by atoms with Gasteiger partial charge in [0.15, 0.2) is 0 Å². The van der Waals surface area contributed by atoms with E-state index in [4.69, 9.17) is 0 Å². The molecule has 0 aliphatic rings. The Morgan fingerprint density at radius 2 is 1.75 bits per heavy atom. The molecule has 1 aromatic heterocycles. The Balaban J connectivity index is 2.50. The normalized spacial score (nSPS) is 10.3. The van der Waals surface area contributed by atoms with Crippen LogP contribution in [0.1, 0.15) is 12.5 Å². The maximum atomic E-state index is 11.1. The highest BCUT2D eigenvalue weighted by molar-refractivity contribution is 5.58. The van der Waals surface area contributed by atoms with E-state index in [0.717, 1.165) is 12.0 Å². The largest absolute Gasteiger partial charge is 0.326 e. The average Bonchev–Trinajstić information content (AvgIpc) is 2.28. The summed E-state index contributed by atoms with van der Waals surface area (Å²) in [6.07, 6.45) is 0.964. The summed E-state index contributed by atoms with van der Waals surface area (Å²) in [6.45, 7) is 2.07. The quantitative estimate of drug-likeness (QED) is 0.794. The van der Waals surface area contributed by atoms with E-state index in [0.29, 0.717) is 5.69 Å². The van der Waals surface area contributed by atoms with Crippen LogP contribution in [0.25, 0.3) is 11.3 Å². The Kier molecular flexibility index (Phi) is 2.72. The van der Waals surface area contributed by atoms with Crippen molar-refractivity contribution in [2.45, 2.75) is 13.3 Å². The number of aryl methyl sites for hydroxylation is 1. The Morgan fingerprint density at radius 3 is 2.31 bits per heavy atom. The van der Waals surface area contributed by atoms with Crippen molar-refractivity contribution in [1.82, 2.24) is 9.97 Å². The van der Waals surface area contributed by atoms with Crippen LogP contribution >= 0.6 is 0 Å². The fraction of sp³-hybridized carbons (Fsp3) is 0.167. The molecule has 0 fully saturated rings. The van der Waals surface area contributed by atoms with Gasteiger partial charge >= 0.3 is 5.69 Å². The van der Waals surface area contributed by atoms with Crippen LogP contribution in [-0.2, 0) is 6.42 Å². The Bertz CT molecular complexity index is 565. The zero-order valence-electron chi connectivity index (χ0n) is 8.91. The van der Waals surface area contributed by atoms with Crippen LogP contribution in [0.2, 0.25) is 0 Å². The lowest BCUT2D eigenvalue weighted by Crippen LogP contribution is -2.21. The zero-order valence-corrected chi connectivity index (χ0v) is 8.91. The minimum absolute atomic E-state index is 0.390. The van der Waals surface area contributed by atoms with Gasteiger partial charge in [-0.1, -0.05) is 31.2 Å². The van der Waals surface area contributed by atoms with Gasteiger partial charge in [0, 0.05) is 6.07 Å². The van der Waals surface area contributed by atoms with E-state index in [-0.39, 0.29) is 0 Å². The molecule has 0 atom stereocenters. The van der Waals surface area contributed by atoms with E-state index < -0.39 is 11.2 Å². The van der Waals surface area contributed by atoms with Crippen molar-refractivity contribution < 1.29 is 0 Å². The first kappa shape index (κ1) is 10.4. The van der Waals surface area contributed by atoms with Gasteiger partial charge in [-0.25, -0.2) is 4.79 Å². The number of aromatic nitrogens is 2. The molecular weight excluding hydrogens is 204 g/mol. The zero-order chi connectivity index (χ0) is 11.5. The minimum atomic E-state index is -0.484. The lowest BCUT2D eigenvalue weighted by Gasteiger charge is -2.01. The van der Waals surface area contributed by atoms with Crippen molar-refractivity contribution in [2.24, 2.45) is 0 Å². The highest BCUT2D eigenvalue weighted by atomic mass is 16.2. The first-order valence-electron chi connectivity index (χ1n) is 5.12. The Morgan fingerprint density at radius 1 is 1.06 bits per heavy atom. The van der Waals surface area contributed by atoms with Gasteiger partial charge in [-0.05, 0) is 17.5 Å². The third-order valence-corrected chi connectivity index (χ3v) is 2.43. The van der Waals surface area contributed by atoms with Crippen LogP contribution in [0.3, 0.4) is 0 Å². The highest BCUT2D eigenvalue weighted by Gasteiger charge is 2.00. The standard InChI is InChI=1S/C12H12N2O2/c1-2-8-3-5-9(6-4-8)10-7-11(15)14-12(16)13-10/h3-7H,2H2,1H3,(H2,13,14,15,16). The SMILES string of the molecule is CCc1ccc(-c2cc(=O)[nH]c(=O)[nH]2)cc1. The number of hydrogen-bond donors (Lipinski definition) is 2. The van der Waals surface area contributed by atoms with Gasteiger partial charge in [0.1, 0.15) is 0 Å². The summed E-state index contributed by atoms with van der Waals surface area (Å²) in [6, 6.07) is 9.12. The molecule has 0 spiro atoms. The summed E-state index contributed by atoms with van der Waals surface area (Å²) in [5.41, 5.74) is 1.72. The number of benzene rings is 1. The molecule has 82 valence electrons. The maximum Gasteiger partial charge on any atom is 0.326 e. The summed E-state index contributed by atoms with van der Waals surface area (Å²) in [4.78, 5) is 27.0. The lowest BCUT2D eigenvalue weighted by molar-refractivity contribution is 1.04. The molecule has 0 aliphatic carbocycles. The first-order chi connectivity index (χ1) is 7.69. The summed E-state index contributed by atoms with van der Waals surface area (Å²) < 4.78 is 0. The third kappa shape index (κ3) is 2.11. The van der Waals surface area contributed by atoms with Crippen LogP contribution < -0.4 is 11.2 Å². The van der Waals surface area contributed by atoms with Gasteiger partial charge in [0.2, 0.25) is 0 Å². The topological polar surface area (TPSA) is 65.7 Å². The number of nitrogens with one attached hydrogen (secondary N) is 2. The molecule has 0 unspecified atom stereocenters. The summed E-state index contributed by atoms with van der Waals surface area (Å²) in [7, 11) is 0. The van der Waals surface area contributed by atoms with Crippen LogP contribution in [0.15, 0.2) is 39.9 Å². The van der Waals surface area contributed by atoms with Crippen molar-refractivity contribution in [3.05, 3.63) is 56.7 Å². The van der Waals surface area contributed by atoms with E-state index in [1.807, 2.05) is 24.3 Å². The molecule has 4 heteroatoms. The van der Waals surface area contributed by atoms with Gasteiger partial charge in [-0.15, -0.1) is 0 Å². The average molecular weight is 216 g/mol. The molecule has 2 rings (SSSR count). The Labute approximate surface area is 92.0 Å². The molecule has 0 bridgehead atoms. The van der Waals surface area contributed by atoms with E-state index in [2.05, 4.69) is 16.9 Å². The van der Waals surface area contributed by atoms with Crippen LogP contribution in [-0.4, -0.2) is 9.97 Å². The van der Waals surface area contributed by atoms with Crippen molar-refractivity contribution in [3.63, 3.8) is 0 Å². The third-order valence-electron chi connectivity index (χ3n) is 2.43. The van der Waals surface area contributed by atoms with E-state index >= 15 is 0 Å². The Hall–Kier alpha value is -2.10. The van der Waals surface area contributed by atoms with Crippen LogP contribution in [0.4, 0.5) is 0 Å². The molecule has 4 nitrogen and oxygen atoms in total. The molecule has 2 N–H and O–H groups in total. The number of aromatic amines is 2. The smallest absolute Gasteiger partial charge is 0.307 e. The molecule has 1 heterocycles. The highest BCUT2D eigenvalue weighted by Crippen LogP contribution is 2.14. The minimum Gasteiger partial charge on any atom is -0.307 e. The molecular formula is C12H12N2O2. The molecule has 0 saturated carbocycles. The predicted octanol–water partition coefficient (Wildman–Crippen LogP) is 1.29. The summed E-state index contributed by atoms with van der Waals surface area (Å²) in [5, 5.41) is 0. The van der Waals surface area contributed by atoms with Gasteiger partial charge in [0.05, 0.1) is 5.69 Å². The summed E-state index contributed by atoms with van der Waals surface area (Å²) in [5.74, 6) is 0. The van der Waals surface area contributed by atoms with Crippen molar-refractivity contribution >= 4 is 0 Å². The molecule has 16 heavy (non-hydrogen) atoms. The lowest BCUT2D eigenvalue weighted by atomic mass is 10.1. The van der Waals surface area contributed by atoms with E-state index in [1.165, 1.54) is 11.6 Å². The fourth-order valence-electron chi connectivity index (χ4n) is 1.54. The number of hydrogen-bond acceptors (Lipinski definition) is 2. The summed E-state index contributed by atoms with van der Waals surface area (Å²) >= 11 is 0. The molecule has 0 aliphatic heterocycles. The van der Waals surface area contributed by atoms with Crippen LogP contribution in [0.5, 0.6) is 0 Å². The molecule has 2 aromatic rings. The van der Waals surface area contributed by atoms with Gasteiger partial charge < -0.3 is 4.98 Å². The monoisotopic (exact) mass is 216 g/mol. The number of H-pyrrole nitrogens is 2. The number of rotatable bonds is 2. The molecule has 1 aromatic carbocycles. The fourth-order valence-corrected chi connectivity index (χ4v) is 1.54. The van der Waals surface area contributed by atoms with Gasteiger partial charge in [-0.2, -0.15) is 0 Å². The predicted molar refractivity (Wildman–Crippen MR) is 62.5 cm³/mol. The second-order valence-electron chi connectivity index (χ2n) is 3.55. The van der Waals surface area contributed by atoms with E-state index in [9.17, 15) is 9.59 Å². The maximum absolute atomic E-state index is 11.1. The second-order valence-corrected chi connectivity index (χ2v) is 3.55. The van der Waals surface area contributed by atoms with E-state index in [1.54, 1.807) is 0 Å². The van der Waals surface area contributed by atoms with Crippen molar-refractivity contribution in [2.75, 3.05) is 0 Å². The van der Waals surface area contributed by atoms with Gasteiger partial charge in [-0.3, -0.25) is 9.78 Å². The first-order valence-corrected chi connectivity index (χ1v) is 5.12. The second kappa shape index (κ2) is 4.18. The molecule has 0 amide bonds.